The van der Waals surface area contributed by atoms with Gasteiger partial charge >= 0.3 is 13.7 Å². The third-order valence-corrected chi connectivity index (χ3v) is 4.39. The molecule has 1 amide bonds. The fraction of sp³-hybridized carbons (Fsp3) is 0.818. The maximum atomic E-state index is 12.2. The summed E-state index contributed by atoms with van der Waals surface area (Å²) in [6.07, 6.45) is -0.941. The molecule has 0 heterocycles. The molecular weight excluding hydrogens is 289 g/mol. The number of rotatable bonds is 6. The number of amides is 1. The molecule has 0 spiro atoms. The molecule has 0 rings (SSSR count). The van der Waals surface area contributed by atoms with Crippen LogP contribution >= 0.6 is 7.60 Å². The Labute approximate surface area is 118 Å². The van der Waals surface area contributed by atoms with Gasteiger partial charge in [0.2, 0.25) is 0 Å². The van der Waals surface area contributed by atoms with Crippen molar-refractivity contribution in [3.05, 3.63) is 0 Å². The lowest BCUT2D eigenvalue weighted by Gasteiger charge is -2.35. The zero-order valence-electron chi connectivity index (χ0n) is 12.5. The summed E-state index contributed by atoms with van der Waals surface area (Å²) in [7, 11) is -2.01. The SMILES string of the molecule is CCN(C(=O)OC(C)(C)C)C(C(=O)[O-])P(=O)(OC)OC. The van der Waals surface area contributed by atoms with E-state index in [1.165, 1.54) is 6.92 Å². The number of hydrogen-bond donors (Lipinski definition) is 0. The van der Waals surface area contributed by atoms with E-state index >= 15 is 0 Å². The average Bonchev–Trinajstić information content (AvgIpc) is 2.32. The Morgan fingerprint density at radius 3 is 1.95 bits per heavy atom. The molecule has 0 radical (unpaired) electrons. The highest BCUT2D eigenvalue weighted by molar-refractivity contribution is 7.55. The number of hydrogen-bond acceptors (Lipinski definition) is 7. The molecule has 0 aromatic rings. The summed E-state index contributed by atoms with van der Waals surface area (Å²) in [5, 5.41) is 11.2. The Hall–Kier alpha value is -1.11. The molecule has 118 valence electrons. The van der Waals surface area contributed by atoms with Crippen LogP contribution in [0.15, 0.2) is 0 Å². The lowest BCUT2D eigenvalue weighted by atomic mass is 10.2. The second-order valence-corrected chi connectivity index (χ2v) is 7.16. The molecular formula is C11H21NO7P-. The van der Waals surface area contributed by atoms with Crippen LogP contribution in [0.5, 0.6) is 0 Å². The van der Waals surface area contributed by atoms with E-state index in [1.807, 2.05) is 0 Å². The van der Waals surface area contributed by atoms with Crippen molar-refractivity contribution in [2.45, 2.75) is 39.1 Å². The summed E-state index contributed by atoms with van der Waals surface area (Å²) in [6, 6.07) is 0. The number of likely N-dealkylation sites (N-methyl/N-ethyl adjacent to an activating group) is 1. The largest absolute Gasteiger partial charge is 0.547 e. The van der Waals surface area contributed by atoms with Crippen molar-refractivity contribution in [2.75, 3.05) is 20.8 Å². The van der Waals surface area contributed by atoms with Crippen LogP contribution in [-0.4, -0.2) is 49.1 Å². The van der Waals surface area contributed by atoms with Gasteiger partial charge in [-0.05, 0) is 27.7 Å². The van der Waals surface area contributed by atoms with E-state index in [1.54, 1.807) is 20.8 Å². The van der Waals surface area contributed by atoms with Gasteiger partial charge in [0, 0.05) is 20.8 Å². The Bertz CT molecular complexity index is 396. The van der Waals surface area contributed by atoms with Crippen LogP contribution in [0, 0.1) is 0 Å². The Balaban J connectivity index is 5.49. The third-order valence-electron chi connectivity index (χ3n) is 2.28. The fourth-order valence-electron chi connectivity index (χ4n) is 1.42. The summed E-state index contributed by atoms with van der Waals surface area (Å²) < 4.78 is 26.6. The van der Waals surface area contributed by atoms with Gasteiger partial charge in [0.05, 0.1) is 5.97 Å². The zero-order valence-corrected chi connectivity index (χ0v) is 13.4. The van der Waals surface area contributed by atoms with Crippen molar-refractivity contribution in [3.8, 4) is 0 Å². The zero-order chi connectivity index (χ0) is 16.1. The highest BCUT2D eigenvalue weighted by atomic mass is 31.2. The van der Waals surface area contributed by atoms with Crippen LogP contribution in [0.2, 0.25) is 0 Å². The minimum atomic E-state index is -4.08. The molecule has 20 heavy (non-hydrogen) atoms. The molecule has 0 saturated heterocycles. The monoisotopic (exact) mass is 310 g/mol. The predicted octanol–water partition coefficient (Wildman–Crippen LogP) is 0.805. The highest BCUT2D eigenvalue weighted by Crippen LogP contribution is 2.52. The first kappa shape index (κ1) is 18.9. The first-order chi connectivity index (χ1) is 9.02. The molecule has 0 saturated carbocycles. The van der Waals surface area contributed by atoms with E-state index in [9.17, 15) is 19.3 Å². The van der Waals surface area contributed by atoms with Gasteiger partial charge in [-0.15, -0.1) is 0 Å². The molecule has 0 aliphatic heterocycles. The Morgan fingerprint density at radius 1 is 1.25 bits per heavy atom. The number of ether oxygens (including phenoxy) is 1. The Morgan fingerprint density at radius 2 is 1.70 bits per heavy atom. The molecule has 0 bridgehead atoms. The average molecular weight is 310 g/mol. The maximum absolute atomic E-state index is 12.2. The first-order valence-electron chi connectivity index (χ1n) is 5.94. The normalized spacial score (nSPS) is 13.7. The third kappa shape index (κ3) is 4.77. The smallest absolute Gasteiger partial charge is 0.411 e. The summed E-state index contributed by atoms with van der Waals surface area (Å²) in [5.41, 5.74) is -0.828. The highest BCUT2D eigenvalue weighted by Gasteiger charge is 2.43. The van der Waals surface area contributed by atoms with E-state index in [4.69, 9.17) is 4.74 Å². The second-order valence-electron chi connectivity index (χ2n) is 4.86. The summed E-state index contributed by atoms with van der Waals surface area (Å²) in [4.78, 5) is 24.0. The van der Waals surface area contributed by atoms with Gasteiger partial charge in [-0.1, -0.05) is 0 Å². The predicted molar refractivity (Wildman–Crippen MR) is 69.0 cm³/mol. The van der Waals surface area contributed by atoms with Crippen LogP contribution in [0.1, 0.15) is 27.7 Å². The molecule has 1 unspecified atom stereocenters. The minimum Gasteiger partial charge on any atom is -0.547 e. The fourth-order valence-corrected chi connectivity index (χ4v) is 2.83. The summed E-state index contributed by atoms with van der Waals surface area (Å²) in [6.45, 7) is 6.32. The standard InChI is InChI=1S/C11H22NO7P/c1-7-12(10(15)19-11(2,3)4)8(9(13)14)20(16,17-5)18-6/h8H,7H2,1-6H3,(H,13,14)/p-1. The minimum absolute atomic E-state index is 0.0652. The molecule has 8 nitrogen and oxygen atoms in total. The molecule has 9 heteroatoms. The quantitative estimate of drug-likeness (QED) is 0.668. The van der Waals surface area contributed by atoms with Gasteiger partial charge in [0.15, 0.2) is 5.78 Å². The molecule has 0 aliphatic rings. The molecule has 0 aromatic carbocycles. The van der Waals surface area contributed by atoms with Crippen LogP contribution < -0.4 is 5.11 Å². The van der Waals surface area contributed by atoms with Crippen molar-refractivity contribution in [3.63, 3.8) is 0 Å². The van der Waals surface area contributed by atoms with Gasteiger partial charge in [-0.2, -0.15) is 0 Å². The number of nitrogens with zero attached hydrogens (tertiary/aromatic N) is 1. The van der Waals surface area contributed by atoms with Crippen molar-refractivity contribution in [1.82, 2.24) is 4.90 Å². The number of carboxylic acids is 1. The lowest BCUT2D eigenvalue weighted by Crippen LogP contribution is -2.52. The van der Waals surface area contributed by atoms with Crippen LogP contribution in [0.3, 0.4) is 0 Å². The van der Waals surface area contributed by atoms with Gasteiger partial charge < -0.3 is 23.7 Å². The summed E-state index contributed by atoms with van der Waals surface area (Å²) >= 11 is 0. The van der Waals surface area contributed by atoms with Crippen LogP contribution in [0.4, 0.5) is 4.79 Å². The lowest BCUT2D eigenvalue weighted by molar-refractivity contribution is -0.308. The van der Waals surface area contributed by atoms with Crippen molar-refractivity contribution in [1.29, 1.82) is 0 Å². The molecule has 1 atom stereocenters. The molecule has 0 N–H and O–H groups in total. The van der Waals surface area contributed by atoms with Crippen molar-refractivity contribution >= 4 is 19.7 Å². The Kier molecular flexibility index (Phi) is 6.67. The topological polar surface area (TPSA) is 105 Å². The van der Waals surface area contributed by atoms with Gasteiger partial charge in [0.25, 0.3) is 0 Å². The van der Waals surface area contributed by atoms with E-state index in [0.29, 0.717) is 0 Å². The number of aliphatic carboxylic acids is 1. The molecule has 0 fully saturated rings. The number of carbonyl (C=O) groups is 2. The van der Waals surface area contributed by atoms with Crippen LogP contribution in [0.25, 0.3) is 0 Å². The maximum Gasteiger partial charge on any atom is 0.411 e. The van der Waals surface area contributed by atoms with Crippen molar-refractivity contribution < 1.29 is 33.0 Å². The van der Waals surface area contributed by atoms with Gasteiger partial charge in [0.1, 0.15) is 5.60 Å². The van der Waals surface area contributed by atoms with Crippen molar-refractivity contribution in [2.24, 2.45) is 0 Å². The molecule has 0 aliphatic carbocycles. The first-order valence-corrected chi connectivity index (χ1v) is 7.55. The van der Waals surface area contributed by atoms with E-state index in [0.717, 1.165) is 19.1 Å². The van der Waals surface area contributed by atoms with Crippen LogP contribution in [-0.2, 0) is 23.1 Å². The van der Waals surface area contributed by atoms with Gasteiger partial charge in [-0.3, -0.25) is 9.46 Å². The van der Waals surface area contributed by atoms with Gasteiger partial charge in [-0.25, -0.2) is 4.79 Å². The van der Waals surface area contributed by atoms with E-state index < -0.39 is 31.0 Å². The second kappa shape index (κ2) is 7.06. The van der Waals surface area contributed by atoms with E-state index in [2.05, 4.69) is 9.05 Å². The van der Waals surface area contributed by atoms with E-state index in [-0.39, 0.29) is 6.54 Å². The number of carbonyl (C=O) groups excluding carboxylic acids is 2. The number of carboxylic acid groups (broad SMARTS) is 1. The summed E-state index contributed by atoms with van der Waals surface area (Å²) in [5.74, 6) is -3.62. The molecule has 0 aromatic heterocycles.